The van der Waals surface area contributed by atoms with Crippen LogP contribution in [0.15, 0.2) is 72.8 Å². The van der Waals surface area contributed by atoms with Crippen LogP contribution >= 0.6 is 0 Å². The molecule has 3 amide bonds. The topological polar surface area (TPSA) is 117 Å². The summed E-state index contributed by atoms with van der Waals surface area (Å²) in [7, 11) is 1.70. The van der Waals surface area contributed by atoms with Crippen LogP contribution < -0.4 is 21.7 Å². The van der Waals surface area contributed by atoms with Gasteiger partial charge in [-0.15, -0.1) is 0 Å². The molecule has 0 aromatic heterocycles. The second-order valence-electron chi connectivity index (χ2n) is 11.1. The van der Waals surface area contributed by atoms with Gasteiger partial charge in [0.1, 0.15) is 12.1 Å². The Morgan fingerprint density at radius 3 is 2.37 bits per heavy atom. The zero-order valence-electron chi connectivity index (χ0n) is 23.7. The van der Waals surface area contributed by atoms with E-state index < -0.39 is 18.1 Å². The Bertz CT molecular complexity index is 1410. The fraction of sp³-hybridized carbons (Fsp3) is 0.364. The van der Waals surface area contributed by atoms with Crippen molar-refractivity contribution in [1.29, 1.82) is 0 Å². The number of carbonyl (C=O) groups is 3. The number of benzene rings is 3. The standard InChI is InChI=1S/C33H39N5O3/c1-21(35-2)31(39)37-29(18-22-14-16-26(34)17-15-22)33(41)38-20-25-10-4-3-9-24(25)19-30(38)32(40)36-28-13-7-11-23-8-5-6-12-27(23)28/h3-6,8-10,12,14-17,21,28-30,35H,7,11,13,18-20,34H2,1-2H3,(H,36,40)(H,37,39)/t21-,28+,29-,30-/m0/s1. The Kier molecular flexibility index (Phi) is 8.69. The number of amides is 3. The zero-order chi connectivity index (χ0) is 28.9. The van der Waals surface area contributed by atoms with E-state index in [1.54, 1.807) is 31.0 Å². The number of carbonyl (C=O) groups excluding carboxylic acids is 3. The van der Waals surface area contributed by atoms with Crippen molar-refractivity contribution < 1.29 is 14.4 Å². The summed E-state index contributed by atoms with van der Waals surface area (Å²) in [6, 6.07) is 21.3. The second kappa shape index (κ2) is 12.6. The van der Waals surface area contributed by atoms with Crippen molar-refractivity contribution in [3.8, 4) is 0 Å². The van der Waals surface area contributed by atoms with E-state index in [4.69, 9.17) is 5.73 Å². The Morgan fingerprint density at radius 1 is 0.951 bits per heavy atom. The summed E-state index contributed by atoms with van der Waals surface area (Å²) in [5.41, 5.74) is 11.8. The molecule has 3 aromatic carbocycles. The van der Waals surface area contributed by atoms with Gasteiger partial charge in [0.15, 0.2) is 0 Å². The number of aryl methyl sites for hydroxylation is 1. The van der Waals surface area contributed by atoms with Crippen LogP contribution in [-0.4, -0.2) is 47.8 Å². The lowest BCUT2D eigenvalue weighted by atomic mass is 9.87. The van der Waals surface area contributed by atoms with Crippen LogP contribution in [0.1, 0.15) is 53.6 Å². The molecule has 5 rings (SSSR count). The van der Waals surface area contributed by atoms with Crippen LogP contribution in [0.4, 0.5) is 5.69 Å². The van der Waals surface area contributed by atoms with E-state index in [0.717, 1.165) is 41.5 Å². The second-order valence-corrected chi connectivity index (χ2v) is 11.1. The molecule has 8 nitrogen and oxygen atoms in total. The molecule has 5 N–H and O–H groups in total. The minimum absolute atomic E-state index is 0.0941. The molecule has 0 radical (unpaired) electrons. The number of nitrogen functional groups attached to an aromatic ring is 1. The number of fused-ring (bicyclic) bond motifs is 2. The van der Waals surface area contributed by atoms with Crippen molar-refractivity contribution in [1.82, 2.24) is 20.9 Å². The van der Waals surface area contributed by atoms with E-state index in [9.17, 15) is 14.4 Å². The van der Waals surface area contributed by atoms with Crippen LogP contribution in [-0.2, 0) is 40.2 Å². The number of hydrogen-bond donors (Lipinski definition) is 4. The lowest BCUT2D eigenvalue weighted by Crippen LogP contribution is -2.59. The molecule has 1 aliphatic heterocycles. The highest BCUT2D eigenvalue weighted by atomic mass is 16.2. The average Bonchev–Trinajstić information content (AvgIpc) is 3.00. The first kappa shape index (κ1) is 28.4. The van der Waals surface area contributed by atoms with Crippen molar-refractivity contribution in [2.24, 2.45) is 0 Å². The highest BCUT2D eigenvalue weighted by molar-refractivity contribution is 5.94. The fourth-order valence-electron chi connectivity index (χ4n) is 5.88. The van der Waals surface area contributed by atoms with Gasteiger partial charge in [-0.25, -0.2) is 0 Å². The number of anilines is 1. The summed E-state index contributed by atoms with van der Waals surface area (Å²) in [5, 5.41) is 9.17. The third-order valence-electron chi connectivity index (χ3n) is 8.38. The molecular weight excluding hydrogens is 514 g/mol. The molecule has 8 heteroatoms. The van der Waals surface area contributed by atoms with Crippen molar-refractivity contribution >= 4 is 23.4 Å². The molecule has 0 bridgehead atoms. The molecule has 214 valence electrons. The summed E-state index contributed by atoms with van der Waals surface area (Å²) in [4.78, 5) is 42.9. The third kappa shape index (κ3) is 6.43. The minimum atomic E-state index is -0.849. The van der Waals surface area contributed by atoms with Gasteiger partial charge in [-0.05, 0) is 73.2 Å². The molecule has 1 aliphatic carbocycles. The molecule has 3 aromatic rings. The van der Waals surface area contributed by atoms with E-state index in [1.165, 1.54) is 5.56 Å². The maximum Gasteiger partial charge on any atom is 0.246 e. The summed E-state index contributed by atoms with van der Waals surface area (Å²) in [5.74, 6) is -0.730. The van der Waals surface area contributed by atoms with Gasteiger partial charge in [0.25, 0.3) is 0 Å². The lowest BCUT2D eigenvalue weighted by molar-refractivity contribution is -0.145. The van der Waals surface area contributed by atoms with Gasteiger partial charge in [0, 0.05) is 25.1 Å². The van der Waals surface area contributed by atoms with Crippen molar-refractivity contribution in [2.45, 2.75) is 69.7 Å². The average molecular weight is 554 g/mol. The van der Waals surface area contributed by atoms with Gasteiger partial charge >= 0.3 is 0 Å². The predicted molar refractivity (Wildman–Crippen MR) is 160 cm³/mol. The van der Waals surface area contributed by atoms with Gasteiger partial charge in [0.05, 0.1) is 12.1 Å². The summed E-state index contributed by atoms with van der Waals surface area (Å²) >= 11 is 0. The Morgan fingerprint density at radius 2 is 1.63 bits per heavy atom. The van der Waals surface area contributed by atoms with E-state index in [-0.39, 0.29) is 30.2 Å². The van der Waals surface area contributed by atoms with Crippen molar-refractivity contribution in [2.75, 3.05) is 12.8 Å². The van der Waals surface area contributed by atoms with E-state index >= 15 is 0 Å². The molecule has 0 fully saturated rings. The Labute approximate surface area is 241 Å². The molecule has 1 heterocycles. The number of nitrogens with two attached hydrogens (primary N) is 1. The SMILES string of the molecule is CN[C@@H](C)C(=O)N[C@@H](Cc1ccc(N)cc1)C(=O)N1Cc2ccccc2C[C@H]1C(=O)N[C@@H]1CCCc2ccccc21. The van der Waals surface area contributed by atoms with Crippen LogP contribution in [0.2, 0.25) is 0 Å². The quantitative estimate of drug-likeness (QED) is 0.320. The van der Waals surface area contributed by atoms with E-state index in [2.05, 4.69) is 28.1 Å². The number of hydrogen-bond acceptors (Lipinski definition) is 5. The summed E-state index contributed by atoms with van der Waals surface area (Å²) in [6.07, 6.45) is 3.55. The lowest BCUT2D eigenvalue weighted by Gasteiger charge is -2.39. The van der Waals surface area contributed by atoms with Crippen LogP contribution in [0, 0.1) is 0 Å². The largest absolute Gasteiger partial charge is 0.399 e. The first-order valence-corrected chi connectivity index (χ1v) is 14.4. The smallest absolute Gasteiger partial charge is 0.246 e. The van der Waals surface area contributed by atoms with Crippen LogP contribution in [0.25, 0.3) is 0 Å². The van der Waals surface area contributed by atoms with Crippen molar-refractivity contribution in [3.05, 3.63) is 101 Å². The first-order chi connectivity index (χ1) is 19.8. The Balaban J connectivity index is 1.44. The summed E-state index contributed by atoms with van der Waals surface area (Å²) < 4.78 is 0. The zero-order valence-corrected chi connectivity index (χ0v) is 23.7. The molecule has 0 saturated heterocycles. The number of likely N-dealkylation sites (N-methyl/N-ethyl adjacent to an activating group) is 1. The van der Waals surface area contributed by atoms with E-state index in [0.29, 0.717) is 18.7 Å². The summed E-state index contributed by atoms with van der Waals surface area (Å²) in [6.45, 7) is 2.04. The Hall–Kier alpha value is -4.17. The van der Waals surface area contributed by atoms with E-state index in [1.807, 2.05) is 48.5 Å². The molecule has 41 heavy (non-hydrogen) atoms. The minimum Gasteiger partial charge on any atom is -0.399 e. The van der Waals surface area contributed by atoms with Crippen LogP contribution in [0.5, 0.6) is 0 Å². The number of rotatable bonds is 8. The fourth-order valence-corrected chi connectivity index (χ4v) is 5.88. The third-order valence-corrected chi connectivity index (χ3v) is 8.38. The molecule has 0 saturated carbocycles. The molecule has 0 unspecified atom stereocenters. The van der Waals surface area contributed by atoms with Crippen molar-refractivity contribution in [3.63, 3.8) is 0 Å². The van der Waals surface area contributed by atoms with Gasteiger partial charge in [-0.2, -0.15) is 0 Å². The van der Waals surface area contributed by atoms with Crippen LogP contribution in [0.3, 0.4) is 0 Å². The molecular formula is C33H39N5O3. The predicted octanol–water partition coefficient (Wildman–Crippen LogP) is 3.05. The molecule has 2 aliphatic rings. The van der Waals surface area contributed by atoms with Gasteiger partial charge in [0.2, 0.25) is 17.7 Å². The highest BCUT2D eigenvalue weighted by Gasteiger charge is 2.39. The number of nitrogens with zero attached hydrogens (tertiary/aromatic N) is 1. The molecule has 4 atom stereocenters. The molecule has 0 spiro atoms. The first-order valence-electron chi connectivity index (χ1n) is 14.4. The maximum absolute atomic E-state index is 14.3. The maximum atomic E-state index is 14.3. The highest BCUT2D eigenvalue weighted by Crippen LogP contribution is 2.31. The van der Waals surface area contributed by atoms with Gasteiger partial charge < -0.3 is 26.6 Å². The van der Waals surface area contributed by atoms with Gasteiger partial charge in [-0.3, -0.25) is 14.4 Å². The normalized spacial score (nSPS) is 19.3. The monoisotopic (exact) mass is 553 g/mol. The number of nitrogens with one attached hydrogen (secondary N) is 3. The van der Waals surface area contributed by atoms with Gasteiger partial charge in [-0.1, -0.05) is 60.7 Å².